The number of rotatable bonds is 3. The lowest BCUT2D eigenvalue weighted by molar-refractivity contribution is 0.172. The van der Waals surface area contributed by atoms with Crippen LogP contribution in [0.2, 0.25) is 0 Å². The minimum atomic E-state index is -0.364. The van der Waals surface area contributed by atoms with Gasteiger partial charge in [-0.25, -0.2) is 4.79 Å². The Morgan fingerprint density at radius 1 is 1.43 bits per heavy atom. The largest absolute Gasteiger partial charge is 0.414 e. The van der Waals surface area contributed by atoms with Crippen molar-refractivity contribution in [2.24, 2.45) is 0 Å². The fourth-order valence-electron chi connectivity index (χ4n) is 2.53. The Labute approximate surface area is 132 Å². The molecule has 1 aromatic carbocycles. The molecule has 1 aromatic rings. The predicted octanol–water partition coefficient (Wildman–Crippen LogP) is 2.72. The van der Waals surface area contributed by atoms with E-state index in [1.54, 1.807) is 14.1 Å². The first-order valence-electron chi connectivity index (χ1n) is 6.68. The molecule has 1 aliphatic carbocycles. The molecule has 0 heterocycles. The summed E-state index contributed by atoms with van der Waals surface area (Å²) in [5, 5.41) is 0. The number of fused-ring (bicyclic) bond motifs is 1. The summed E-state index contributed by atoms with van der Waals surface area (Å²) in [6.07, 6.45) is 7.11. The topological polar surface area (TPSA) is 32.8 Å². The summed E-state index contributed by atoms with van der Waals surface area (Å²) in [6, 6.07) is 6.15. The van der Waals surface area contributed by atoms with Crippen LogP contribution in [-0.4, -0.2) is 43.6 Å². The Morgan fingerprint density at radius 2 is 2.14 bits per heavy atom. The molecule has 0 bridgehead atoms. The number of benzene rings is 1. The number of nitrogens with zero attached hydrogens (tertiary/aromatic N) is 2. The second-order valence-electron chi connectivity index (χ2n) is 5.30. The quantitative estimate of drug-likeness (QED) is 0.805. The zero-order chi connectivity index (χ0) is 14.7. The lowest BCUT2D eigenvalue weighted by atomic mass is 10.1. The molecule has 21 heavy (non-hydrogen) atoms. The third-order valence-corrected chi connectivity index (χ3v) is 3.61. The maximum absolute atomic E-state index is 11.6. The number of amides is 1. The number of hydrogen-bond acceptors (Lipinski definition) is 3. The Balaban J connectivity index is 0.00000220. The van der Waals surface area contributed by atoms with Crippen LogP contribution in [0.5, 0.6) is 5.75 Å². The van der Waals surface area contributed by atoms with Crippen molar-refractivity contribution < 1.29 is 9.53 Å². The van der Waals surface area contributed by atoms with Gasteiger partial charge in [-0.15, -0.1) is 18.8 Å². The van der Waals surface area contributed by atoms with E-state index in [9.17, 15) is 4.79 Å². The average Bonchev–Trinajstić information content (AvgIpc) is 2.82. The summed E-state index contributed by atoms with van der Waals surface area (Å²) in [5.74, 6) is 3.26. The minimum Gasteiger partial charge on any atom is -0.410 e. The molecule has 0 aromatic heterocycles. The number of halogens is 1. The zero-order valence-corrected chi connectivity index (χ0v) is 13.4. The van der Waals surface area contributed by atoms with Crippen LogP contribution in [-0.2, 0) is 6.42 Å². The van der Waals surface area contributed by atoms with Crippen LogP contribution in [0.4, 0.5) is 4.79 Å². The fourth-order valence-corrected chi connectivity index (χ4v) is 2.53. The molecular weight excluding hydrogens is 288 g/mol. The molecule has 0 radical (unpaired) electrons. The van der Waals surface area contributed by atoms with E-state index in [0.29, 0.717) is 18.3 Å². The van der Waals surface area contributed by atoms with E-state index in [1.807, 2.05) is 25.2 Å². The normalized spacial score (nSPS) is 15.9. The van der Waals surface area contributed by atoms with Gasteiger partial charge in [0.25, 0.3) is 0 Å². The number of aryl methyl sites for hydroxylation is 1. The summed E-state index contributed by atoms with van der Waals surface area (Å²) in [6.45, 7) is 0.617. The highest BCUT2D eigenvalue weighted by Crippen LogP contribution is 2.37. The van der Waals surface area contributed by atoms with E-state index >= 15 is 0 Å². The number of ether oxygens (including phenoxy) is 1. The monoisotopic (exact) mass is 308 g/mol. The molecule has 114 valence electrons. The van der Waals surface area contributed by atoms with E-state index in [2.05, 4.69) is 10.8 Å². The number of carbonyl (C=O) groups excluding carboxylic acids is 1. The van der Waals surface area contributed by atoms with Crippen LogP contribution in [0.1, 0.15) is 23.6 Å². The second kappa shape index (κ2) is 7.35. The van der Waals surface area contributed by atoms with Gasteiger partial charge in [0.1, 0.15) is 5.75 Å². The molecule has 1 amide bonds. The average molecular weight is 309 g/mol. The molecule has 0 spiro atoms. The van der Waals surface area contributed by atoms with E-state index in [0.717, 1.165) is 12.8 Å². The Morgan fingerprint density at radius 3 is 2.76 bits per heavy atom. The third kappa shape index (κ3) is 3.90. The summed E-state index contributed by atoms with van der Waals surface area (Å²) in [4.78, 5) is 15.2. The van der Waals surface area contributed by atoms with Crippen LogP contribution in [0.25, 0.3) is 0 Å². The van der Waals surface area contributed by atoms with Crippen LogP contribution in [0.15, 0.2) is 18.2 Å². The molecule has 0 fully saturated rings. The van der Waals surface area contributed by atoms with Crippen molar-refractivity contribution in [3.8, 4) is 18.1 Å². The minimum absolute atomic E-state index is 0. The van der Waals surface area contributed by atoms with Gasteiger partial charge >= 0.3 is 6.09 Å². The van der Waals surface area contributed by atoms with Gasteiger partial charge in [-0.1, -0.05) is 12.0 Å². The van der Waals surface area contributed by atoms with Gasteiger partial charge < -0.3 is 9.64 Å². The predicted molar refractivity (Wildman–Crippen MR) is 85.9 cm³/mol. The van der Waals surface area contributed by atoms with Crippen LogP contribution < -0.4 is 4.74 Å². The molecule has 1 atom stereocenters. The summed E-state index contributed by atoms with van der Waals surface area (Å²) in [5.41, 5.74) is 2.52. The maximum Gasteiger partial charge on any atom is 0.414 e. The number of hydrogen-bond donors (Lipinski definition) is 0. The molecule has 0 aliphatic heterocycles. The van der Waals surface area contributed by atoms with Crippen molar-refractivity contribution >= 4 is 18.5 Å². The molecule has 0 saturated carbocycles. The standard InChI is InChI=1S/C16H20N2O2.ClH/c1-5-10-18(4)15-9-7-12-6-8-13(11-14(12)15)20-16(19)17(2)3;/h1,6,8,11,15H,7,9-10H2,2-4H3;1H. The molecular formula is C16H21ClN2O2. The van der Waals surface area contributed by atoms with Gasteiger partial charge in [0.15, 0.2) is 0 Å². The Kier molecular flexibility index (Phi) is 6.07. The third-order valence-electron chi connectivity index (χ3n) is 3.61. The molecule has 0 N–H and O–H groups in total. The first-order chi connectivity index (χ1) is 9.52. The van der Waals surface area contributed by atoms with E-state index in [4.69, 9.17) is 11.2 Å². The highest BCUT2D eigenvalue weighted by molar-refractivity contribution is 5.85. The van der Waals surface area contributed by atoms with Crippen molar-refractivity contribution in [3.05, 3.63) is 29.3 Å². The lowest BCUT2D eigenvalue weighted by Gasteiger charge is -2.23. The Hall–Kier alpha value is -1.70. The van der Waals surface area contributed by atoms with E-state index in [-0.39, 0.29) is 18.5 Å². The molecule has 5 heteroatoms. The molecule has 4 nitrogen and oxygen atoms in total. The van der Waals surface area contributed by atoms with Crippen molar-refractivity contribution in [2.75, 3.05) is 27.7 Å². The zero-order valence-electron chi connectivity index (χ0n) is 12.6. The fraction of sp³-hybridized carbons (Fsp3) is 0.438. The van der Waals surface area contributed by atoms with E-state index < -0.39 is 0 Å². The smallest absolute Gasteiger partial charge is 0.410 e. The SMILES string of the molecule is C#CCN(C)C1CCc2ccc(OC(=O)N(C)C)cc21.Cl. The van der Waals surface area contributed by atoms with Crippen LogP contribution in [0, 0.1) is 12.3 Å². The first-order valence-corrected chi connectivity index (χ1v) is 6.68. The van der Waals surface area contributed by atoms with Gasteiger partial charge in [-0.3, -0.25) is 4.90 Å². The summed E-state index contributed by atoms with van der Waals surface area (Å²) >= 11 is 0. The highest BCUT2D eigenvalue weighted by Gasteiger charge is 2.26. The van der Waals surface area contributed by atoms with Crippen molar-refractivity contribution in [1.29, 1.82) is 0 Å². The summed E-state index contributed by atoms with van der Waals surface area (Å²) in [7, 11) is 5.36. The lowest BCUT2D eigenvalue weighted by Crippen LogP contribution is -2.25. The molecule has 1 unspecified atom stereocenters. The molecule has 2 rings (SSSR count). The van der Waals surface area contributed by atoms with Crippen molar-refractivity contribution in [1.82, 2.24) is 9.80 Å². The van der Waals surface area contributed by atoms with Gasteiger partial charge in [-0.05, 0) is 43.1 Å². The molecule has 1 aliphatic rings. The van der Waals surface area contributed by atoms with Gasteiger partial charge in [-0.2, -0.15) is 0 Å². The van der Waals surface area contributed by atoms with Crippen LogP contribution in [0.3, 0.4) is 0 Å². The Bertz CT molecular complexity index is 552. The second-order valence-corrected chi connectivity index (χ2v) is 5.30. The number of carbonyl (C=O) groups is 1. The summed E-state index contributed by atoms with van der Waals surface area (Å²) < 4.78 is 5.32. The number of terminal acetylenes is 1. The van der Waals surface area contributed by atoms with Gasteiger partial charge in [0.2, 0.25) is 0 Å². The first kappa shape index (κ1) is 17.4. The van der Waals surface area contributed by atoms with Crippen molar-refractivity contribution in [2.45, 2.75) is 18.9 Å². The highest BCUT2D eigenvalue weighted by atomic mass is 35.5. The van der Waals surface area contributed by atoms with Crippen molar-refractivity contribution in [3.63, 3.8) is 0 Å². The van der Waals surface area contributed by atoms with Crippen LogP contribution >= 0.6 is 12.4 Å². The molecule has 0 saturated heterocycles. The maximum atomic E-state index is 11.6. The van der Waals surface area contributed by atoms with Gasteiger partial charge in [0.05, 0.1) is 6.54 Å². The van der Waals surface area contributed by atoms with Gasteiger partial charge in [0, 0.05) is 20.1 Å². The van der Waals surface area contributed by atoms with E-state index in [1.165, 1.54) is 16.0 Å².